The molecule has 0 unspecified atom stereocenters. The van der Waals surface area contributed by atoms with Gasteiger partial charge in [-0.3, -0.25) is 9.59 Å². The van der Waals surface area contributed by atoms with E-state index in [9.17, 15) is 18.0 Å². The Hall–Kier alpha value is -2.86. The highest BCUT2D eigenvalue weighted by molar-refractivity contribution is 7.88. The number of rotatable bonds is 8. The lowest BCUT2D eigenvalue weighted by Gasteiger charge is -2.17. The first-order valence-corrected chi connectivity index (χ1v) is 12.2. The van der Waals surface area contributed by atoms with Crippen LogP contribution in [0.2, 0.25) is 0 Å². The van der Waals surface area contributed by atoms with Gasteiger partial charge in [-0.05, 0) is 29.7 Å². The summed E-state index contributed by atoms with van der Waals surface area (Å²) in [6.45, 7) is 0.556. The number of nitrogens with zero attached hydrogens (tertiary/aromatic N) is 1. The van der Waals surface area contributed by atoms with E-state index in [-0.39, 0.29) is 13.0 Å². The molecule has 1 saturated heterocycles. The lowest BCUT2D eigenvalue weighted by atomic mass is 10.1. The maximum Gasteiger partial charge on any atom is 0.322 e. The summed E-state index contributed by atoms with van der Waals surface area (Å²) >= 11 is 4.79. The molecule has 9 nitrogen and oxygen atoms in total. The number of carboxylic acid groups (broad SMARTS) is 2. The number of benzene rings is 2. The summed E-state index contributed by atoms with van der Waals surface area (Å²) in [5.74, 6) is -1.39. The van der Waals surface area contributed by atoms with Crippen molar-refractivity contribution in [2.24, 2.45) is 5.73 Å². The van der Waals surface area contributed by atoms with E-state index in [0.29, 0.717) is 17.9 Å². The van der Waals surface area contributed by atoms with Crippen LogP contribution in [-0.2, 0) is 32.6 Å². The van der Waals surface area contributed by atoms with Gasteiger partial charge in [0, 0.05) is 17.8 Å². The summed E-state index contributed by atoms with van der Waals surface area (Å²) in [7, 11) is -3.46. The molecule has 0 saturated carbocycles. The summed E-state index contributed by atoms with van der Waals surface area (Å²) in [4.78, 5) is 21.8. The zero-order valence-corrected chi connectivity index (χ0v) is 19.6. The number of nitrogens with two attached hydrogens (primary N) is 1. The van der Waals surface area contributed by atoms with E-state index in [1.165, 1.54) is 0 Å². The van der Waals surface area contributed by atoms with Crippen molar-refractivity contribution in [1.82, 2.24) is 4.31 Å². The van der Waals surface area contributed by atoms with Crippen molar-refractivity contribution in [3.8, 4) is 5.75 Å². The lowest BCUT2D eigenvalue weighted by Crippen LogP contribution is -2.39. The van der Waals surface area contributed by atoms with Gasteiger partial charge in [-0.1, -0.05) is 54.7 Å². The second-order valence-electron chi connectivity index (χ2n) is 7.47. The highest BCUT2D eigenvalue weighted by Gasteiger charge is 2.38. The summed E-state index contributed by atoms with van der Waals surface area (Å²) < 4.78 is 28.8. The summed E-state index contributed by atoms with van der Waals surface area (Å²) in [5.41, 5.74) is 7.47. The van der Waals surface area contributed by atoms with Gasteiger partial charge in [0.1, 0.15) is 24.4 Å². The van der Waals surface area contributed by atoms with Gasteiger partial charge >= 0.3 is 11.9 Å². The molecular weight excluding hydrogens is 468 g/mol. The van der Waals surface area contributed by atoms with Crippen LogP contribution in [0.3, 0.4) is 0 Å². The van der Waals surface area contributed by atoms with Gasteiger partial charge in [0.15, 0.2) is 0 Å². The minimum Gasteiger partial charge on any atom is -0.489 e. The number of ether oxygens (including phenoxy) is 1. The molecule has 1 heterocycles. The van der Waals surface area contributed by atoms with Crippen molar-refractivity contribution in [2.75, 3.05) is 12.8 Å². The van der Waals surface area contributed by atoms with Crippen LogP contribution in [0.25, 0.3) is 0 Å². The number of thiocarbonyl (C=S) groups is 1. The molecular formula is C22H26N2O7S2. The van der Waals surface area contributed by atoms with Crippen molar-refractivity contribution in [1.29, 1.82) is 0 Å². The highest BCUT2D eigenvalue weighted by atomic mass is 32.2. The van der Waals surface area contributed by atoms with Gasteiger partial charge in [-0.15, -0.1) is 0 Å². The molecule has 3 rings (SSSR count). The lowest BCUT2D eigenvalue weighted by molar-refractivity contribution is -0.140. The Morgan fingerprint density at radius 3 is 2.21 bits per heavy atom. The maximum atomic E-state index is 11.1. The van der Waals surface area contributed by atoms with Crippen LogP contribution in [0.1, 0.15) is 17.5 Å². The molecule has 0 bridgehead atoms. The largest absolute Gasteiger partial charge is 0.489 e. The average molecular weight is 495 g/mol. The number of carboxylic acids is 2. The van der Waals surface area contributed by atoms with Crippen LogP contribution >= 0.6 is 12.2 Å². The fourth-order valence-corrected chi connectivity index (χ4v) is 4.42. The van der Waals surface area contributed by atoms with Crippen LogP contribution in [-0.4, -0.2) is 64.6 Å². The Balaban J connectivity index is 0.000000257. The zero-order chi connectivity index (χ0) is 24.6. The Morgan fingerprint density at radius 1 is 1.12 bits per heavy atom. The molecule has 1 fully saturated rings. The molecule has 0 aliphatic carbocycles. The SMILES string of the molecule is CS(=O)(=O)N1CC(=S)C[C@H]1C(=O)O.N[C@@H](Cc1ccc(OCc2ccccc2)cc1)C(=O)O. The zero-order valence-electron chi connectivity index (χ0n) is 18.0. The first-order chi connectivity index (χ1) is 15.5. The van der Waals surface area contributed by atoms with Gasteiger partial charge in [0.05, 0.1) is 6.26 Å². The smallest absolute Gasteiger partial charge is 0.322 e. The molecule has 178 valence electrons. The summed E-state index contributed by atoms with van der Waals surface area (Å²) in [5, 5.41) is 17.5. The second kappa shape index (κ2) is 11.8. The number of hydrogen-bond donors (Lipinski definition) is 3. The van der Waals surface area contributed by atoms with Gasteiger partial charge in [-0.25, -0.2) is 8.42 Å². The molecule has 2 aromatic rings. The predicted octanol–water partition coefficient (Wildman–Crippen LogP) is 1.69. The summed E-state index contributed by atoms with van der Waals surface area (Å²) in [6.07, 6.45) is 1.43. The summed E-state index contributed by atoms with van der Waals surface area (Å²) in [6, 6.07) is 15.3. The Morgan fingerprint density at radius 2 is 1.73 bits per heavy atom. The molecule has 33 heavy (non-hydrogen) atoms. The quantitative estimate of drug-likeness (QED) is 0.466. The molecule has 0 radical (unpaired) electrons. The van der Waals surface area contributed by atoms with E-state index in [1.54, 1.807) is 0 Å². The number of aliphatic carboxylic acids is 2. The molecule has 2 atom stereocenters. The van der Waals surface area contributed by atoms with E-state index in [4.69, 9.17) is 32.9 Å². The van der Waals surface area contributed by atoms with Crippen molar-refractivity contribution >= 4 is 39.0 Å². The van der Waals surface area contributed by atoms with Crippen LogP contribution in [0.5, 0.6) is 5.75 Å². The Kier molecular flexibility index (Phi) is 9.47. The topological polar surface area (TPSA) is 147 Å². The van der Waals surface area contributed by atoms with Crippen LogP contribution in [0.4, 0.5) is 0 Å². The fraction of sp³-hybridized carbons (Fsp3) is 0.318. The predicted molar refractivity (Wildman–Crippen MR) is 127 cm³/mol. The first-order valence-electron chi connectivity index (χ1n) is 9.92. The van der Waals surface area contributed by atoms with Crippen molar-refractivity contribution in [3.63, 3.8) is 0 Å². The third-order valence-electron chi connectivity index (χ3n) is 4.76. The number of hydrogen-bond acceptors (Lipinski definition) is 7. The second-order valence-corrected chi connectivity index (χ2v) is 9.98. The van der Waals surface area contributed by atoms with Gasteiger partial charge < -0.3 is 20.7 Å². The van der Waals surface area contributed by atoms with Crippen LogP contribution in [0, 0.1) is 0 Å². The highest BCUT2D eigenvalue weighted by Crippen LogP contribution is 2.19. The standard InChI is InChI=1S/C16H17NO3.C6H9NO4S2/c17-15(16(18)19)10-12-6-8-14(9-7-12)20-11-13-4-2-1-3-5-13;1-13(10,11)7-3-4(12)2-5(7)6(8)9/h1-9,15H,10-11,17H2,(H,18,19);5H,2-3H2,1H3,(H,8,9)/t15-;5-/m00/s1. The van der Waals surface area contributed by atoms with Crippen molar-refractivity contribution < 1.29 is 33.0 Å². The molecule has 0 amide bonds. The van der Waals surface area contributed by atoms with E-state index < -0.39 is 34.0 Å². The van der Waals surface area contributed by atoms with Crippen LogP contribution < -0.4 is 10.5 Å². The average Bonchev–Trinajstić information content (AvgIpc) is 3.17. The Bertz CT molecular complexity index is 1070. The van der Waals surface area contributed by atoms with Crippen molar-refractivity contribution in [3.05, 3.63) is 65.7 Å². The van der Waals surface area contributed by atoms with E-state index in [0.717, 1.165) is 27.4 Å². The maximum absolute atomic E-state index is 11.1. The Labute approximate surface area is 197 Å². The molecule has 4 N–H and O–H groups in total. The molecule has 1 aliphatic heterocycles. The monoisotopic (exact) mass is 494 g/mol. The number of carbonyl (C=O) groups is 2. The van der Waals surface area contributed by atoms with Crippen molar-refractivity contribution in [2.45, 2.75) is 31.5 Å². The third-order valence-corrected chi connectivity index (χ3v) is 6.29. The minimum absolute atomic E-state index is 0.0468. The number of sulfonamides is 1. The van der Waals surface area contributed by atoms with Gasteiger partial charge in [-0.2, -0.15) is 4.31 Å². The molecule has 0 aromatic heterocycles. The third kappa shape index (κ3) is 8.54. The molecule has 11 heteroatoms. The van der Waals surface area contributed by atoms with E-state index >= 15 is 0 Å². The van der Waals surface area contributed by atoms with E-state index in [2.05, 4.69) is 0 Å². The van der Waals surface area contributed by atoms with Gasteiger partial charge in [0.25, 0.3) is 0 Å². The normalized spacial score (nSPS) is 17.0. The van der Waals surface area contributed by atoms with E-state index in [1.807, 2.05) is 54.6 Å². The van der Waals surface area contributed by atoms with Crippen LogP contribution in [0.15, 0.2) is 54.6 Å². The first kappa shape index (κ1) is 26.4. The van der Waals surface area contributed by atoms with Gasteiger partial charge in [0.2, 0.25) is 10.0 Å². The molecule has 1 aliphatic rings. The minimum atomic E-state index is -3.46. The molecule has 2 aromatic carbocycles. The molecule has 0 spiro atoms. The fourth-order valence-electron chi connectivity index (χ4n) is 3.03.